The van der Waals surface area contributed by atoms with Gasteiger partial charge < -0.3 is 14.4 Å². The largest absolute Gasteiger partial charge is 0.457 e. The van der Waals surface area contributed by atoms with Gasteiger partial charge >= 0.3 is 5.97 Å². The molecule has 110 valence electrons. The summed E-state index contributed by atoms with van der Waals surface area (Å²) in [5.41, 5.74) is 0.937. The van der Waals surface area contributed by atoms with Crippen LogP contribution >= 0.6 is 0 Å². The molecule has 0 spiro atoms. The molecule has 0 radical (unpaired) electrons. The Kier molecular flexibility index (Phi) is 4.86. The van der Waals surface area contributed by atoms with Crippen molar-refractivity contribution in [1.29, 1.82) is 0 Å². The molecule has 2 rings (SSSR count). The Labute approximate surface area is 118 Å². The minimum Gasteiger partial charge on any atom is -0.457 e. The van der Waals surface area contributed by atoms with E-state index in [1.807, 2.05) is 0 Å². The molecule has 1 unspecified atom stereocenters. The molecule has 7 heteroatoms. The third-order valence-electron chi connectivity index (χ3n) is 3.23. The Bertz CT molecular complexity index is 486. The fourth-order valence-electron chi connectivity index (χ4n) is 2.10. The normalized spacial score (nSPS) is 19.8. The van der Waals surface area contributed by atoms with Crippen LogP contribution in [0, 0.1) is 6.92 Å². The first-order valence-electron chi connectivity index (χ1n) is 6.60. The molecule has 1 atom stereocenters. The first kappa shape index (κ1) is 14.7. The van der Waals surface area contributed by atoms with Crippen LogP contribution in [0.15, 0.2) is 12.7 Å². The zero-order chi connectivity index (χ0) is 14.5. The Morgan fingerprint density at radius 3 is 3.15 bits per heavy atom. The number of carbonyl (C=O) groups excluding carboxylic acids is 1. The van der Waals surface area contributed by atoms with Gasteiger partial charge in [-0.15, -0.1) is 5.10 Å². The molecule has 0 saturated carbocycles. The second-order valence-corrected chi connectivity index (χ2v) is 4.85. The molecule has 0 amide bonds. The molecule has 0 N–H and O–H groups in total. The molecule has 0 aliphatic carbocycles. The number of morpholine rings is 1. The number of ether oxygens (including phenoxy) is 2. The van der Waals surface area contributed by atoms with Crippen molar-refractivity contribution >= 4 is 5.97 Å². The van der Waals surface area contributed by atoms with Gasteiger partial charge in [0.25, 0.3) is 0 Å². The molecule has 1 aromatic rings. The van der Waals surface area contributed by atoms with Gasteiger partial charge in [0.05, 0.1) is 24.9 Å². The highest BCUT2D eigenvalue weighted by atomic mass is 16.5. The van der Waals surface area contributed by atoms with Gasteiger partial charge in [0.1, 0.15) is 6.61 Å². The van der Waals surface area contributed by atoms with Gasteiger partial charge in [0.15, 0.2) is 5.69 Å². The molecule has 7 nitrogen and oxygen atoms in total. The fraction of sp³-hybridized carbons (Fsp3) is 0.615. The van der Waals surface area contributed by atoms with Crippen molar-refractivity contribution in [2.75, 3.05) is 33.4 Å². The number of rotatable bonds is 5. The lowest BCUT2D eigenvalue weighted by Crippen LogP contribution is -2.42. The zero-order valence-electron chi connectivity index (χ0n) is 11.9. The van der Waals surface area contributed by atoms with Crippen molar-refractivity contribution in [1.82, 2.24) is 19.9 Å². The minimum absolute atomic E-state index is 0.0613. The van der Waals surface area contributed by atoms with Crippen molar-refractivity contribution in [3.63, 3.8) is 0 Å². The molecular weight excluding hydrogens is 260 g/mol. The molecule has 0 aromatic carbocycles. The average molecular weight is 280 g/mol. The first-order valence-corrected chi connectivity index (χ1v) is 6.60. The molecular formula is C13H20N4O3. The van der Waals surface area contributed by atoms with Crippen molar-refractivity contribution in [2.45, 2.75) is 19.6 Å². The Balaban J connectivity index is 2.01. The lowest BCUT2D eigenvalue weighted by Gasteiger charge is -2.29. The quantitative estimate of drug-likeness (QED) is 0.569. The average Bonchev–Trinajstić information content (AvgIpc) is 2.78. The van der Waals surface area contributed by atoms with Crippen molar-refractivity contribution in [2.24, 2.45) is 0 Å². The van der Waals surface area contributed by atoms with Gasteiger partial charge in [-0.05, 0) is 14.0 Å². The fourth-order valence-corrected chi connectivity index (χ4v) is 2.10. The maximum absolute atomic E-state index is 11.8. The van der Waals surface area contributed by atoms with E-state index in [9.17, 15) is 4.79 Å². The number of nitrogens with zero attached hydrogens (tertiary/aromatic N) is 4. The van der Waals surface area contributed by atoms with Crippen molar-refractivity contribution in [3.05, 3.63) is 24.0 Å². The predicted molar refractivity (Wildman–Crippen MR) is 72.5 cm³/mol. The van der Waals surface area contributed by atoms with Crippen LogP contribution in [0.3, 0.4) is 0 Å². The van der Waals surface area contributed by atoms with Crippen molar-refractivity contribution < 1.29 is 14.3 Å². The summed E-state index contributed by atoms with van der Waals surface area (Å²) in [6, 6.07) is 0. The van der Waals surface area contributed by atoms with Gasteiger partial charge in [-0.2, -0.15) is 0 Å². The summed E-state index contributed by atoms with van der Waals surface area (Å²) < 4.78 is 12.3. The highest BCUT2D eigenvalue weighted by Crippen LogP contribution is 2.10. The maximum Gasteiger partial charge on any atom is 0.361 e. The Morgan fingerprint density at radius 1 is 1.65 bits per heavy atom. The van der Waals surface area contributed by atoms with Gasteiger partial charge in [0, 0.05) is 13.1 Å². The van der Waals surface area contributed by atoms with E-state index in [1.54, 1.807) is 11.6 Å². The lowest BCUT2D eigenvalue weighted by atomic mass is 10.2. The first-order chi connectivity index (χ1) is 9.61. The smallest absolute Gasteiger partial charge is 0.361 e. The minimum atomic E-state index is -0.477. The molecule has 1 fully saturated rings. The lowest BCUT2D eigenvalue weighted by molar-refractivity contribution is -0.0295. The number of aromatic nitrogens is 3. The van der Waals surface area contributed by atoms with Crippen LogP contribution in [0.4, 0.5) is 0 Å². The molecule has 20 heavy (non-hydrogen) atoms. The standard InChI is InChI=1S/C13H20N4O3/c1-4-6-20-13(18)12-10(2)17(15-14-12)9-11-8-16(3)5-7-19-11/h4,11H,1,5-9H2,2-3H3. The SMILES string of the molecule is C=CCOC(=O)c1nnn(CC2CN(C)CCO2)c1C. The van der Waals surface area contributed by atoms with Crippen LogP contribution in [0.25, 0.3) is 0 Å². The summed E-state index contributed by atoms with van der Waals surface area (Å²) in [7, 11) is 2.06. The summed E-state index contributed by atoms with van der Waals surface area (Å²) in [6.07, 6.45) is 1.58. The monoisotopic (exact) mass is 280 g/mol. The highest BCUT2D eigenvalue weighted by molar-refractivity contribution is 5.88. The molecule has 1 aromatic heterocycles. The zero-order valence-corrected chi connectivity index (χ0v) is 11.9. The van der Waals surface area contributed by atoms with E-state index in [0.29, 0.717) is 18.8 Å². The summed E-state index contributed by atoms with van der Waals surface area (Å²) >= 11 is 0. The van der Waals surface area contributed by atoms with Gasteiger partial charge in [0.2, 0.25) is 0 Å². The number of carbonyl (C=O) groups is 1. The topological polar surface area (TPSA) is 69.5 Å². The van der Waals surface area contributed by atoms with E-state index < -0.39 is 5.97 Å². The van der Waals surface area contributed by atoms with E-state index in [1.165, 1.54) is 6.08 Å². The summed E-state index contributed by atoms with van der Waals surface area (Å²) in [5.74, 6) is -0.477. The molecule has 1 aliphatic rings. The number of esters is 1. The summed E-state index contributed by atoms with van der Waals surface area (Å²) in [4.78, 5) is 14.0. The van der Waals surface area contributed by atoms with Crippen LogP contribution < -0.4 is 0 Å². The number of likely N-dealkylation sites (N-methyl/N-ethyl adjacent to an activating group) is 1. The van der Waals surface area contributed by atoms with Crippen molar-refractivity contribution in [3.8, 4) is 0 Å². The van der Waals surface area contributed by atoms with Gasteiger partial charge in [-0.25, -0.2) is 9.48 Å². The third kappa shape index (κ3) is 3.43. The number of hydrogen-bond acceptors (Lipinski definition) is 6. The second kappa shape index (κ2) is 6.62. The molecule has 1 saturated heterocycles. The van der Waals surface area contributed by atoms with E-state index in [4.69, 9.17) is 9.47 Å². The van der Waals surface area contributed by atoms with Crippen LogP contribution in [-0.2, 0) is 16.0 Å². The second-order valence-electron chi connectivity index (χ2n) is 4.85. The van der Waals surface area contributed by atoms with E-state index in [-0.39, 0.29) is 18.4 Å². The van der Waals surface area contributed by atoms with E-state index >= 15 is 0 Å². The van der Waals surface area contributed by atoms with Gasteiger partial charge in [-0.3, -0.25) is 0 Å². The molecule has 2 heterocycles. The maximum atomic E-state index is 11.8. The molecule has 1 aliphatic heterocycles. The summed E-state index contributed by atoms with van der Waals surface area (Å²) in [5, 5.41) is 7.89. The number of hydrogen-bond donors (Lipinski definition) is 0. The van der Waals surface area contributed by atoms with E-state index in [0.717, 1.165) is 13.1 Å². The van der Waals surface area contributed by atoms with E-state index in [2.05, 4.69) is 28.8 Å². The highest BCUT2D eigenvalue weighted by Gasteiger charge is 2.22. The third-order valence-corrected chi connectivity index (χ3v) is 3.23. The predicted octanol–water partition coefficient (Wildman–Crippen LogP) is 0.260. The van der Waals surface area contributed by atoms with Crippen LogP contribution in [0.1, 0.15) is 16.2 Å². The Morgan fingerprint density at radius 2 is 2.45 bits per heavy atom. The van der Waals surface area contributed by atoms with Crippen LogP contribution in [0.2, 0.25) is 0 Å². The van der Waals surface area contributed by atoms with Crippen LogP contribution in [0.5, 0.6) is 0 Å². The molecule has 0 bridgehead atoms. The van der Waals surface area contributed by atoms with Crippen LogP contribution in [-0.4, -0.2) is 65.3 Å². The Hall–Kier alpha value is -1.73. The summed E-state index contributed by atoms with van der Waals surface area (Å²) in [6.45, 7) is 8.54. The van der Waals surface area contributed by atoms with Gasteiger partial charge in [-0.1, -0.05) is 17.9 Å².